The molecule has 1 saturated heterocycles. The van der Waals surface area contributed by atoms with E-state index >= 15 is 0 Å². The number of hydrogen-bond acceptors (Lipinski definition) is 6. The molecule has 1 aromatic rings. The van der Waals surface area contributed by atoms with Gasteiger partial charge in [-0.1, -0.05) is 0 Å². The second-order valence-corrected chi connectivity index (χ2v) is 18.1. The van der Waals surface area contributed by atoms with Gasteiger partial charge in [0, 0.05) is 0 Å². The van der Waals surface area contributed by atoms with Crippen LogP contribution in [0.15, 0.2) is 29.7 Å². The zero-order valence-corrected chi connectivity index (χ0v) is 34.9. The number of likely N-dealkylation sites (tertiary alicyclic amines) is 1. The predicted molar refractivity (Wildman–Crippen MR) is 197 cm³/mol. The molecule has 1 heterocycles. The van der Waals surface area contributed by atoms with Crippen molar-refractivity contribution >= 4 is 38.6 Å². The second kappa shape index (κ2) is 21.3. The van der Waals surface area contributed by atoms with E-state index in [1.807, 2.05) is 50.2 Å². The number of carboxylic acids is 1. The number of aliphatic carboxylic acids is 1. The van der Waals surface area contributed by atoms with Crippen LogP contribution in [0.3, 0.4) is 0 Å². The Morgan fingerprint density at radius 2 is 1.73 bits per heavy atom. The number of aryl methyl sites for hydroxylation is 1. The van der Waals surface area contributed by atoms with E-state index < -0.39 is 11.9 Å². The predicted octanol–water partition coefficient (Wildman–Crippen LogP) is 6.47. The fourth-order valence-electron chi connectivity index (χ4n) is 6.63. The monoisotopic (exact) mass is 866 g/mol. The molecule has 1 fully saturated rings. The van der Waals surface area contributed by atoms with Gasteiger partial charge in [0.25, 0.3) is 0 Å². The Bertz CT molecular complexity index is 1290. The summed E-state index contributed by atoms with van der Waals surface area (Å²) in [5, 5.41) is 14.1. The number of carboxylic acid groups (broad SMARTS) is 1. The SMILES string of the molecule is CC[C@H](C)[C@H](CC(=O)C1CCCCN1C)C(=O)N(C)[C@H](C[C@@H](C)[C](=[W])SC=[C-]C(=O)N[C@@H](Cc1ccc(C)cc1)C[C@H](C)C(=O)O)C(C)C. The minimum absolute atomic E-state index is 0.00600. The second-order valence-electron chi connectivity index (χ2n) is 14.6. The first kappa shape index (κ1) is 43.1. The van der Waals surface area contributed by atoms with Crippen LogP contribution < -0.4 is 5.32 Å². The van der Waals surface area contributed by atoms with Crippen LogP contribution in [0.2, 0.25) is 0 Å². The zero-order chi connectivity index (χ0) is 36.8. The van der Waals surface area contributed by atoms with E-state index in [2.05, 4.69) is 50.9 Å². The Kier molecular flexibility index (Phi) is 18.7. The summed E-state index contributed by atoms with van der Waals surface area (Å²) < 4.78 is 1.19. The molecular formula is C39H60N3O5SW-. The van der Waals surface area contributed by atoms with E-state index in [4.69, 9.17) is 0 Å². The van der Waals surface area contributed by atoms with Crippen molar-refractivity contribution in [3.63, 3.8) is 0 Å². The fourth-order valence-corrected chi connectivity index (χ4v) is 8.10. The van der Waals surface area contributed by atoms with Gasteiger partial charge in [0.2, 0.25) is 0 Å². The first-order valence-electron chi connectivity index (χ1n) is 17.9. The normalized spacial score (nSPS) is 19.1. The molecule has 1 aliphatic heterocycles. The van der Waals surface area contributed by atoms with Gasteiger partial charge in [0.1, 0.15) is 0 Å². The van der Waals surface area contributed by atoms with Crippen molar-refractivity contribution in [2.45, 2.75) is 118 Å². The van der Waals surface area contributed by atoms with Gasteiger partial charge in [-0.15, -0.1) is 0 Å². The van der Waals surface area contributed by atoms with Crippen molar-refractivity contribution in [3.05, 3.63) is 46.9 Å². The summed E-state index contributed by atoms with van der Waals surface area (Å²) in [6.45, 7) is 15.2. The number of carbonyl (C=O) groups is 4. The molecule has 8 nitrogen and oxygen atoms in total. The van der Waals surface area contributed by atoms with E-state index in [0.717, 1.165) is 49.8 Å². The Morgan fingerprint density at radius 1 is 1.08 bits per heavy atom. The number of benzene rings is 1. The van der Waals surface area contributed by atoms with Crippen molar-refractivity contribution in [2.24, 2.45) is 29.6 Å². The van der Waals surface area contributed by atoms with Crippen LogP contribution in [0.4, 0.5) is 0 Å². The van der Waals surface area contributed by atoms with Crippen LogP contribution >= 0.6 is 11.8 Å². The average molecular weight is 867 g/mol. The van der Waals surface area contributed by atoms with Gasteiger partial charge in [-0.25, -0.2) is 0 Å². The van der Waals surface area contributed by atoms with Gasteiger partial charge < -0.3 is 0 Å². The molecule has 0 aliphatic carbocycles. The topological polar surface area (TPSA) is 107 Å². The van der Waals surface area contributed by atoms with E-state index in [1.165, 1.54) is 34.3 Å². The molecule has 1 aromatic carbocycles. The number of nitrogens with one attached hydrogen (secondary N) is 1. The molecule has 0 saturated carbocycles. The van der Waals surface area contributed by atoms with Crippen LogP contribution in [0.5, 0.6) is 0 Å². The molecule has 2 N–H and O–H groups in total. The number of Topliss-reactive ketones (excluding diaryl/α,β-unsaturated/α-hetero) is 1. The fraction of sp³-hybridized carbons (Fsp3) is 0.667. The number of hydrogen-bond donors (Lipinski definition) is 2. The van der Waals surface area contributed by atoms with Crippen LogP contribution in [-0.4, -0.2) is 80.5 Å². The van der Waals surface area contributed by atoms with Gasteiger partial charge >= 0.3 is 299 Å². The number of thioether (sulfide) groups is 1. The number of amides is 2. The zero-order valence-electron chi connectivity index (χ0n) is 31.2. The average Bonchev–Trinajstić information content (AvgIpc) is 3.05. The Hall–Kier alpha value is -2.09. The third-order valence-electron chi connectivity index (χ3n) is 10.2. The van der Waals surface area contributed by atoms with Crippen molar-refractivity contribution in [1.29, 1.82) is 0 Å². The number of ketones is 1. The maximum atomic E-state index is 14.1. The summed E-state index contributed by atoms with van der Waals surface area (Å²) in [5.74, 6) is -1.39. The van der Waals surface area contributed by atoms with Gasteiger partial charge in [-0.2, -0.15) is 0 Å². The van der Waals surface area contributed by atoms with E-state index in [0.29, 0.717) is 19.3 Å². The number of carbonyl (C=O) groups excluding carboxylic acids is 3. The number of nitrogens with zero attached hydrogens (tertiary/aromatic N) is 2. The van der Waals surface area contributed by atoms with Crippen LogP contribution in [0.1, 0.15) is 97.6 Å². The molecule has 0 bridgehead atoms. The molecule has 0 spiro atoms. The summed E-state index contributed by atoms with van der Waals surface area (Å²) >= 11 is 2.79. The van der Waals surface area contributed by atoms with Crippen LogP contribution in [-0.2, 0) is 45.0 Å². The summed E-state index contributed by atoms with van der Waals surface area (Å²) in [4.78, 5) is 56.0. The van der Waals surface area contributed by atoms with E-state index in [1.54, 1.807) is 12.3 Å². The number of piperidine rings is 1. The quantitative estimate of drug-likeness (QED) is 0.114. The van der Waals surface area contributed by atoms with Gasteiger partial charge in [0.15, 0.2) is 0 Å². The minimum atomic E-state index is -0.886. The summed E-state index contributed by atoms with van der Waals surface area (Å²) in [7, 11) is 3.92. The Balaban J connectivity index is 2.03. The van der Waals surface area contributed by atoms with Gasteiger partial charge in [-0.3, -0.25) is 0 Å². The van der Waals surface area contributed by atoms with Crippen molar-refractivity contribution in [2.75, 3.05) is 20.6 Å². The molecule has 0 aromatic heterocycles. The molecular weight excluding hydrogens is 806 g/mol. The molecule has 10 heteroatoms. The molecule has 0 radical (unpaired) electrons. The first-order valence-corrected chi connectivity index (χ1v) is 20.3. The van der Waals surface area contributed by atoms with Crippen molar-refractivity contribution in [1.82, 2.24) is 15.1 Å². The van der Waals surface area contributed by atoms with Crippen LogP contribution in [0, 0.1) is 42.6 Å². The van der Waals surface area contributed by atoms with Gasteiger partial charge in [-0.05, 0) is 13.3 Å². The van der Waals surface area contributed by atoms with Crippen molar-refractivity contribution in [3.8, 4) is 0 Å². The third kappa shape index (κ3) is 14.2. The molecule has 2 amide bonds. The summed E-state index contributed by atoms with van der Waals surface area (Å²) in [5.41, 5.74) is 2.18. The Labute approximate surface area is 311 Å². The van der Waals surface area contributed by atoms with Gasteiger partial charge in [0.05, 0.1) is 0 Å². The molecule has 2 rings (SSSR count). The Morgan fingerprint density at radius 3 is 2.31 bits per heavy atom. The molecule has 7 atom stereocenters. The van der Waals surface area contributed by atoms with E-state index in [-0.39, 0.29) is 59.4 Å². The van der Waals surface area contributed by atoms with Crippen molar-refractivity contribution < 1.29 is 43.6 Å². The van der Waals surface area contributed by atoms with E-state index in [9.17, 15) is 24.3 Å². The molecule has 274 valence electrons. The third-order valence-corrected chi connectivity index (χ3v) is 13.5. The summed E-state index contributed by atoms with van der Waals surface area (Å²) in [6, 6.07) is 7.63. The number of likely N-dealkylation sites (N-methyl/N-ethyl adjacent to an activating group) is 1. The van der Waals surface area contributed by atoms with Crippen LogP contribution in [0.25, 0.3) is 0 Å². The molecule has 1 unspecified atom stereocenters. The molecule has 49 heavy (non-hydrogen) atoms. The first-order chi connectivity index (χ1) is 23.0. The number of rotatable bonds is 20. The maximum absolute atomic E-state index is 14.1. The summed E-state index contributed by atoms with van der Waals surface area (Å²) in [6.07, 6.45) is 8.66. The standard InChI is InChI=1S/C39H60N3O5S.W/c1-10-29(6)33(24-36(43)34-13-11-12-19-41(34)8)38(45)42(9)35(26(2)3)21-28(5)25-48-20-18-37(44)40-32(22-30(7)39(46)47)23-31-16-14-27(4)15-17-31;/h14-17,20,26,28-30,32-35H,10-13,19,21-24H2,1-9H3,(H,40,44)(H,46,47);/q-1;/t28-,29+,30+,32-,33+,34?,35-;/m1./s1. The molecule has 1 aliphatic rings.